The molecule has 0 amide bonds. The number of sulfonamides is 1. The van der Waals surface area contributed by atoms with Crippen molar-refractivity contribution in [2.24, 2.45) is 0 Å². The number of rotatable bonds is 3. The maximum absolute atomic E-state index is 12.1. The summed E-state index contributed by atoms with van der Waals surface area (Å²) >= 11 is 1.17. The molecule has 5 nitrogen and oxygen atoms in total. The molecule has 2 heterocycles. The largest absolute Gasteiger partial charge is 0.441 e. The third kappa shape index (κ3) is 2.34. The number of oxazole rings is 1. The highest BCUT2D eigenvalue weighted by Gasteiger charge is 2.15. The summed E-state index contributed by atoms with van der Waals surface area (Å²) in [6.07, 6.45) is 0. The number of hydrogen-bond donors (Lipinski definition) is 1. The Morgan fingerprint density at radius 2 is 2.16 bits per heavy atom. The molecule has 7 heteroatoms. The van der Waals surface area contributed by atoms with E-state index in [2.05, 4.69) is 9.71 Å². The fourth-order valence-corrected chi connectivity index (χ4v) is 3.77. The van der Waals surface area contributed by atoms with Crippen molar-refractivity contribution in [2.45, 2.75) is 11.1 Å². The second kappa shape index (κ2) is 4.36. The van der Waals surface area contributed by atoms with Crippen LogP contribution in [0.5, 0.6) is 0 Å². The van der Waals surface area contributed by atoms with Crippen LogP contribution in [0.4, 0.5) is 5.69 Å². The summed E-state index contributed by atoms with van der Waals surface area (Å²) in [6, 6.07) is 8.26. The Bertz CT molecular complexity index is 820. The summed E-state index contributed by atoms with van der Waals surface area (Å²) in [5, 5.41) is 1.72. The molecule has 0 radical (unpaired) electrons. The number of benzene rings is 1. The van der Waals surface area contributed by atoms with Crippen molar-refractivity contribution >= 4 is 38.1 Å². The topological polar surface area (TPSA) is 72.2 Å². The average molecular weight is 294 g/mol. The second-order valence-electron chi connectivity index (χ2n) is 3.95. The molecule has 2 aromatic heterocycles. The van der Waals surface area contributed by atoms with Gasteiger partial charge in [0.25, 0.3) is 10.0 Å². The maximum atomic E-state index is 12.1. The normalized spacial score (nSPS) is 11.8. The van der Waals surface area contributed by atoms with Crippen LogP contribution in [0, 0.1) is 6.92 Å². The number of nitrogens with zero attached hydrogens (tertiary/aromatic N) is 1. The Morgan fingerprint density at radius 3 is 2.89 bits per heavy atom. The standard InChI is InChI=1S/C12H10N2O3S2/c1-8-13-10-5-4-9(7-11(10)17-8)14-19(15,16)12-3-2-6-18-12/h2-7,14H,1H3. The van der Waals surface area contributed by atoms with Gasteiger partial charge in [0, 0.05) is 13.0 Å². The van der Waals surface area contributed by atoms with Crippen LogP contribution in [0.1, 0.15) is 5.89 Å². The van der Waals surface area contributed by atoms with Gasteiger partial charge in [0.1, 0.15) is 9.73 Å². The van der Waals surface area contributed by atoms with Gasteiger partial charge in [-0.25, -0.2) is 13.4 Å². The van der Waals surface area contributed by atoms with Crippen molar-refractivity contribution in [1.29, 1.82) is 0 Å². The Balaban J connectivity index is 1.97. The zero-order valence-corrected chi connectivity index (χ0v) is 11.6. The van der Waals surface area contributed by atoms with E-state index in [1.54, 1.807) is 42.6 Å². The van der Waals surface area contributed by atoms with Crippen molar-refractivity contribution in [3.05, 3.63) is 41.6 Å². The van der Waals surface area contributed by atoms with Crippen LogP contribution in [0.15, 0.2) is 44.3 Å². The molecule has 0 saturated carbocycles. The van der Waals surface area contributed by atoms with E-state index in [0.29, 0.717) is 22.7 Å². The van der Waals surface area contributed by atoms with Crippen LogP contribution in [0.25, 0.3) is 11.1 Å². The van der Waals surface area contributed by atoms with Gasteiger partial charge >= 0.3 is 0 Å². The summed E-state index contributed by atoms with van der Waals surface area (Å²) < 4.78 is 32.3. The predicted molar refractivity (Wildman–Crippen MR) is 73.9 cm³/mol. The Hall–Kier alpha value is -1.86. The zero-order valence-electron chi connectivity index (χ0n) is 9.95. The van der Waals surface area contributed by atoms with E-state index in [0.717, 1.165) is 0 Å². The molecular formula is C12H10N2O3S2. The average Bonchev–Trinajstić information content (AvgIpc) is 2.95. The highest BCUT2D eigenvalue weighted by atomic mass is 32.2. The quantitative estimate of drug-likeness (QED) is 0.806. The minimum atomic E-state index is -3.53. The lowest BCUT2D eigenvalue weighted by Gasteiger charge is -2.05. The van der Waals surface area contributed by atoms with Crippen LogP contribution in [-0.4, -0.2) is 13.4 Å². The number of hydrogen-bond acceptors (Lipinski definition) is 5. The Morgan fingerprint density at radius 1 is 1.32 bits per heavy atom. The molecule has 0 atom stereocenters. The van der Waals surface area contributed by atoms with E-state index in [-0.39, 0.29) is 4.21 Å². The molecule has 98 valence electrons. The van der Waals surface area contributed by atoms with Gasteiger partial charge in [-0.3, -0.25) is 4.72 Å². The molecule has 1 aromatic carbocycles. The van der Waals surface area contributed by atoms with Gasteiger partial charge in [-0.15, -0.1) is 11.3 Å². The smallest absolute Gasteiger partial charge is 0.271 e. The highest BCUT2D eigenvalue weighted by molar-refractivity contribution is 7.94. The molecule has 3 aromatic rings. The summed E-state index contributed by atoms with van der Waals surface area (Å²) in [5.74, 6) is 0.549. The first kappa shape index (κ1) is 12.2. The van der Waals surface area contributed by atoms with Gasteiger partial charge < -0.3 is 4.42 Å². The second-order valence-corrected chi connectivity index (χ2v) is 6.81. The number of thiophene rings is 1. The lowest BCUT2D eigenvalue weighted by Crippen LogP contribution is -2.11. The first-order valence-corrected chi connectivity index (χ1v) is 7.84. The molecule has 0 saturated heterocycles. The predicted octanol–water partition coefficient (Wildman–Crippen LogP) is 3.00. The molecule has 0 fully saturated rings. The lowest BCUT2D eigenvalue weighted by molar-refractivity contribution is 0.561. The van der Waals surface area contributed by atoms with Crippen LogP contribution in [0.2, 0.25) is 0 Å². The van der Waals surface area contributed by atoms with Crippen molar-refractivity contribution in [2.75, 3.05) is 4.72 Å². The fraction of sp³-hybridized carbons (Fsp3) is 0.0833. The minimum absolute atomic E-state index is 0.279. The maximum Gasteiger partial charge on any atom is 0.271 e. The number of fused-ring (bicyclic) bond motifs is 1. The first-order chi connectivity index (χ1) is 9.04. The molecule has 1 N–H and O–H groups in total. The first-order valence-electron chi connectivity index (χ1n) is 5.48. The van der Waals surface area contributed by atoms with Gasteiger partial charge in [0.15, 0.2) is 11.5 Å². The molecule has 0 aliphatic heterocycles. The van der Waals surface area contributed by atoms with E-state index in [1.165, 1.54) is 11.3 Å². The van der Waals surface area contributed by atoms with E-state index in [9.17, 15) is 8.42 Å². The molecule has 0 bridgehead atoms. The molecule has 3 rings (SSSR count). The lowest BCUT2D eigenvalue weighted by atomic mass is 10.3. The van der Waals surface area contributed by atoms with Crippen molar-refractivity contribution < 1.29 is 12.8 Å². The third-order valence-electron chi connectivity index (χ3n) is 2.51. The van der Waals surface area contributed by atoms with Gasteiger partial charge in [0.2, 0.25) is 0 Å². The molecule has 19 heavy (non-hydrogen) atoms. The number of aromatic nitrogens is 1. The molecule has 0 aliphatic carbocycles. The van der Waals surface area contributed by atoms with Gasteiger partial charge in [-0.1, -0.05) is 6.07 Å². The monoisotopic (exact) mass is 294 g/mol. The zero-order chi connectivity index (χ0) is 13.5. The van der Waals surface area contributed by atoms with Crippen LogP contribution >= 0.6 is 11.3 Å². The van der Waals surface area contributed by atoms with E-state index in [1.807, 2.05) is 0 Å². The number of anilines is 1. The highest BCUT2D eigenvalue weighted by Crippen LogP contribution is 2.23. The van der Waals surface area contributed by atoms with Gasteiger partial charge in [-0.05, 0) is 23.6 Å². The van der Waals surface area contributed by atoms with Crippen molar-refractivity contribution in [1.82, 2.24) is 4.98 Å². The molecule has 0 aliphatic rings. The molecular weight excluding hydrogens is 284 g/mol. The van der Waals surface area contributed by atoms with Crippen LogP contribution in [0.3, 0.4) is 0 Å². The fourth-order valence-electron chi connectivity index (χ4n) is 1.73. The van der Waals surface area contributed by atoms with E-state index < -0.39 is 10.0 Å². The van der Waals surface area contributed by atoms with Gasteiger partial charge in [-0.2, -0.15) is 0 Å². The summed E-state index contributed by atoms with van der Waals surface area (Å²) in [6.45, 7) is 1.75. The van der Waals surface area contributed by atoms with E-state index in [4.69, 9.17) is 4.42 Å². The number of aryl methyl sites for hydroxylation is 1. The van der Waals surface area contributed by atoms with E-state index >= 15 is 0 Å². The van der Waals surface area contributed by atoms with Gasteiger partial charge in [0.05, 0.1) is 5.69 Å². The SMILES string of the molecule is Cc1nc2ccc(NS(=O)(=O)c3cccs3)cc2o1. The summed E-state index contributed by atoms with van der Waals surface area (Å²) in [7, 11) is -3.53. The van der Waals surface area contributed by atoms with Crippen LogP contribution in [-0.2, 0) is 10.0 Å². The molecule has 0 spiro atoms. The Labute approximate surface area is 114 Å². The van der Waals surface area contributed by atoms with Crippen LogP contribution < -0.4 is 4.72 Å². The molecule has 0 unspecified atom stereocenters. The number of nitrogens with one attached hydrogen (secondary N) is 1. The van der Waals surface area contributed by atoms with Crippen molar-refractivity contribution in [3.8, 4) is 0 Å². The minimum Gasteiger partial charge on any atom is -0.441 e. The summed E-state index contributed by atoms with van der Waals surface area (Å²) in [4.78, 5) is 4.16. The third-order valence-corrected chi connectivity index (χ3v) is 5.29. The summed E-state index contributed by atoms with van der Waals surface area (Å²) in [5.41, 5.74) is 1.72. The van der Waals surface area contributed by atoms with Crippen molar-refractivity contribution in [3.63, 3.8) is 0 Å². The Kier molecular flexibility index (Phi) is 2.79.